The highest BCUT2D eigenvalue weighted by atomic mass is 32.2. The molecule has 38 heteroatoms. The molecule has 8 aliphatic rings. The average Bonchev–Trinajstić information content (AvgIpc) is 1.63. The van der Waals surface area contributed by atoms with Crippen LogP contribution < -0.4 is 51.3 Å². The minimum Gasteiger partial charge on any atom is -0.433 e. The molecule has 4 aromatic carbocycles. The van der Waals surface area contributed by atoms with Gasteiger partial charge in [-0.1, -0.05) is 0 Å². The average molecular weight is 1910 g/mol. The topological polar surface area (TPSA) is 461 Å². The summed E-state index contributed by atoms with van der Waals surface area (Å²) in [4.78, 5) is 45.4. The van der Waals surface area contributed by atoms with Crippen LogP contribution in [-0.4, -0.2) is 215 Å². The number of aliphatic hydroxyl groups is 2. The molecule has 0 spiro atoms. The SMILES string of the molecule is CCS(=O)(=O)NC1CC(n2cc(Oc3nc(-c4cc(C)c5c(c4)CN(C)CC5)cnc3N)cn2)C1.CCS(=O)(=O)NC1CCC(n2cc(Oc3nc(-c4cc(C)c5c(c4)CN(C)CC5)cnc3N)cn2)C1.Cc1cc(-c2cnc(N)c(Oc3cnn(C4CCC(C)(O)CC4)c3)n2)cc2c1CCN(C)C2.Cc1cc(-c2cnc(N)c(Oc3cnn(C4CCC(C)(O)CC4)c3)n2)cc2c1CCN(C)C2. The third kappa shape index (κ3) is 23.4. The van der Waals surface area contributed by atoms with Crippen molar-refractivity contribution in [3.63, 3.8) is 0 Å². The number of hydrogen-bond donors (Lipinski definition) is 8. The Morgan fingerprint density at radius 1 is 0.372 bits per heavy atom. The van der Waals surface area contributed by atoms with Gasteiger partial charge in [0.05, 0.1) is 144 Å². The second-order valence-corrected chi connectivity index (χ2v) is 43.1. The molecule has 726 valence electrons. The highest BCUT2D eigenvalue weighted by Gasteiger charge is 2.37. The van der Waals surface area contributed by atoms with E-state index in [0.717, 1.165) is 176 Å². The Bertz CT molecular complexity index is 6430. The fourth-order valence-corrected chi connectivity index (χ4v) is 21.6. The van der Waals surface area contributed by atoms with Gasteiger partial charge in [-0.05, 0) is 308 Å². The van der Waals surface area contributed by atoms with E-state index in [1.807, 2.05) is 40.3 Å². The summed E-state index contributed by atoms with van der Waals surface area (Å²) in [7, 11) is 2.14. The monoisotopic (exact) mass is 1900 g/mol. The molecule has 4 aliphatic carbocycles. The first-order valence-corrected chi connectivity index (χ1v) is 50.8. The van der Waals surface area contributed by atoms with Crippen LogP contribution >= 0.6 is 0 Å². The van der Waals surface area contributed by atoms with Crippen LogP contribution in [0.25, 0.3) is 45.0 Å². The number of nitrogens with two attached hydrogens (primary N) is 4. The van der Waals surface area contributed by atoms with E-state index < -0.39 is 31.2 Å². The Hall–Kier alpha value is -12.0. The summed E-state index contributed by atoms with van der Waals surface area (Å²) < 4.78 is 84.1. The van der Waals surface area contributed by atoms with Crippen molar-refractivity contribution >= 4 is 43.3 Å². The summed E-state index contributed by atoms with van der Waals surface area (Å²) in [5.74, 6) is 4.26. The number of benzene rings is 4. The first kappa shape index (κ1) is 96.7. The highest BCUT2D eigenvalue weighted by molar-refractivity contribution is 7.89. The van der Waals surface area contributed by atoms with Gasteiger partial charge in [0.1, 0.15) is 0 Å². The van der Waals surface area contributed by atoms with Gasteiger partial charge < -0.3 is 71.7 Å². The van der Waals surface area contributed by atoms with Crippen molar-refractivity contribution in [2.45, 2.75) is 238 Å². The first-order valence-electron chi connectivity index (χ1n) is 47.5. The molecule has 0 bridgehead atoms. The molecule has 2 unspecified atom stereocenters. The molecule has 12 aromatic rings. The molecule has 8 aromatic heterocycles. The lowest BCUT2D eigenvalue weighted by atomic mass is 9.84. The minimum atomic E-state index is -3.22. The largest absolute Gasteiger partial charge is 0.433 e. The van der Waals surface area contributed by atoms with E-state index in [4.69, 9.17) is 51.9 Å². The number of hydrogen-bond acceptors (Lipinski definition) is 30. The summed E-state index contributed by atoms with van der Waals surface area (Å²) in [6.07, 6.45) is 35.2. The van der Waals surface area contributed by atoms with E-state index in [1.165, 1.54) is 66.8 Å². The van der Waals surface area contributed by atoms with Crippen molar-refractivity contribution < 1.29 is 46.0 Å². The standard InChI is InChI=1S/C25H33N7O3S.2C25H32N6O2.C24H31N7O3S/c1-4-36(33,34)30-19-5-6-20(11-19)32-15-21(12-28-32)35-25-24(26)27-13-23(29-25)17-9-16(2)22-7-8-31(3)14-18(22)10-17;2*1-16-10-17(11-18-14-30(3)9-6-21(16)18)22-13-27-23(26)24(29-22)33-20-12-28-31(15-20)19-4-7-25(2,32)8-5-19;1-4-35(32,33)29-18-9-19(10-18)31-14-20(11-27-31)34-24-23(25)26-12-22(28-24)16-7-15(2)21-5-6-30(3)13-17(21)8-16/h9-10,12-13,15,19-20,30H,4-8,11,14H2,1-3H3,(H2,26,27);2*10-13,15,19,32H,4-9,14H2,1-3H3,(H2,26,27);7-8,11-12,14,18-19,29H,4-6,9-10,13H2,1-3H3,(H2,25,26). The van der Waals surface area contributed by atoms with E-state index in [9.17, 15) is 27.0 Å². The van der Waals surface area contributed by atoms with Gasteiger partial charge in [-0.3, -0.25) is 18.7 Å². The van der Waals surface area contributed by atoms with E-state index in [1.54, 1.807) is 80.5 Å². The van der Waals surface area contributed by atoms with Crippen LogP contribution in [0.5, 0.6) is 46.5 Å². The molecular weight excluding hydrogens is 1780 g/mol. The maximum absolute atomic E-state index is 11.9. The van der Waals surface area contributed by atoms with Crippen molar-refractivity contribution in [2.75, 3.05) is 88.8 Å². The quantitative estimate of drug-likeness (QED) is 0.0312. The smallest absolute Gasteiger partial charge is 0.263 e. The Labute approximate surface area is 800 Å². The number of aromatic nitrogens is 16. The van der Waals surface area contributed by atoms with Gasteiger partial charge in [0.25, 0.3) is 23.5 Å². The normalized spacial score (nSPS) is 21.8. The summed E-state index contributed by atoms with van der Waals surface area (Å²) in [6, 6.07) is 18.0. The number of likely N-dealkylation sites (N-methyl/N-ethyl adjacent to an activating group) is 4. The Morgan fingerprint density at radius 2 is 0.635 bits per heavy atom. The summed E-state index contributed by atoms with van der Waals surface area (Å²) in [5, 5.41) is 38.2. The molecule has 0 saturated heterocycles. The van der Waals surface area contributed by atoms with Crippen molar-refractivity contribution in [1.29, 1.82) is 0 Å². The van der Waals surface area contributed by atoms with Crippen molar-refractivity contribution in [3.05, 3.63) is 190 Å². The summed E-state index contributed by atoms with van der Waals surface area (Å²) >= 11 is 0. The number of ether oxygens (including phenoxy) is 4. The maximum atomic E-state index is 11.9. The van der Waals surface area contributed by atoms with Gasteiger partial charge in [0.15, 0.2) is 46.3 Å². The lowest BCUT2D eigenvalue weighted by Gasteiger charge is -2.35. The van der Waals surface area contributed by atoms with Crippen LogP contribution in [0.4, 0.5) is 23.3 Å². The number of nitrogens with one attached hydrogen (secondary N) is 2. The van der Waals surface area contributed by atoms with E-state index in [-0.39, 0.29) is 94.5 Å². The minimum absolute atomic E-state index is 0.0587. The number of nitrogens with zero attached hydrogens (tertiary/aromatic N) is 20. The Balaban J connectivity index is 0.000000127. The molecule has 12 heterocycles. The second kappa shape index (κ2) is 40.6. The van der Waals surface area contributed by atoms with Crippen molar-refractivity contribution in [2.24, 2.45) is 0 Å². The highest BCUT2D eigenvalue weighted by Crippen LogP contribution is 2.43. The number of fused-ring (bicyclic) bond motifs is 4. The number of nitrogen functional groups attached to an aromatic ring is 4. The van der Waals surface area contributed by atoms with E-state index in [0.29, 0.717) is 53.6 Å². The summed E-state index contributed by atoms with van der Waals surface area (Å²) in [6.45, 7) is 23.7. The van der Waals surface area contributed by atoms with Gasteiger partial charge in [-0.2, -0.15) is 20.4 Å². The van der Waals surface area contributed by atoms with Crippen LogP contribution in [0.3, 0.4) is 0 Å². The fourth-order valence-electron chi connectivity index (χ4n) is 19.8. The first-order chi connectivity index (χ1) is 65.4. The fraction of sp³-hybridized carbons (Fsp3) is 0.475. The Kier molecular flexibility index (Phi) is 28.7. The third-order valence-corrected chi connectivity index (χ3v) is 30.9. The van der Waals surface area contributed by atoms with Crippen LogP contribution in [0, 0.1) is 27.7 Å². The molecule has 12 N–H and O–H groups in total. The van der Waals surface area contributed by atoms with Crippen LogP contribution in [-0.2, 0) is 71.9 Å². The van der Waals surface area contributed by atoms with Gasteiger partial charge in [-0.25, -0.2) is 66.2 Å². The molecule has 4 aliphatic heterocycles. The maximum Gasteiger partial charge on any atom is 0.263 e. The number of sulfonamides is 2. The van der Waals surface area contributed by atoms with Crippen molar-refractivity contribution in [1.82, 2.24) is 108 Å². The molecule has 137 heavy (non-hydrogen) atoms. The summed E-state index contributed by atoms with van der Waals surface area (Å²) in [5.41, 5.74) is 46.2. The molecular formula is C99H128N26O10S2. The molecule has 0 amide bonds. The van der Waals surface area contributed by atoms with Crippen molar-refractivity contribution in [3.8, 4) is 91.5 Å². The third-order valence-electron chi connectivity index (χ3n) is 27.9. The Morgan fingerprint density at radius 3 is 0.920 bits per heavy atom. The zero-order valence-electron chi connectivity index (χ0n) is 80.3. The zero-order valence-corrected chi connectivity index (χ0v) is 82.0. The number of anilines is 4. The molecule has 2 atom stereocenters. The van der Waals surface area contributed by atoms with Gasteiger partial charge in [-0.15, -0.1) is 0 Å². The van der Waals surface area contributed by atoms with E-state index >= 15 is 0 Å². The predicted octanol–water partition coefficient (Wildman–Crippen LogP) is 13.5. The van der Waals surface area contributed by atoms with Gasteiger partial charge in [0, 0.05) is 86.7 Å². The van der Waals surface area contributed by atoms with Gasteiger partial charge in [0.2, 0.25) is 20.0 Å². The zero-order chi connectivity index (χ0) is 96.5. The van der Waals surface area contributed by atoms with Crippen LogP contribution in [0.2, 0.25) is 0 Å². The number of aryl methyl sites for hydroxylation is 4. The number of rotatable bonds is 22. The van der Waals surface area contributed by atoms with Crippen LogP contribution in [0.15, 0.2) is 123 Å². The molecule has 4 saturated carbocycles. The predicted molar refractivity (Wildman–Crippen MR) is 526 cm³/mol. The molecule has 20 rings (SSSR count). The van der Waals surface area contributed by atoms with E-state index in [2.05, 4.69) is 184 Å². The molecule has 4 fully saturated rings. The molecule has 36 nitrogen and oxygen atoms in total. The van der Waals surface area contributed by atoms with Gasteiger partial charge >= 0.3 is 0 Å². The molecule has 0 radical (unpaired) electrons. The lowest BCUT2D eigenvalue weighted by Crippen LogP contribution is -2.45. The van der Waals surface area contributed by atoms with Crippen LogP contribution in [0.1, 0.15) is 202 Å². The lowest BCUT2D eigenvalue weighted by molar-refractivity contribution is 0.00807. The second-order valence-electron chi connectivity index (χ2n) is 39.0.